The largest absolute Gasteiger partial charge is 0.494 e. The molecule has 4 aromatic rings. The molecule has 0 aliphatic carbocycles. The number of methoxy groups -OCH3 is 1. The first-order valence-electron chi connectivity index (χ1n) is 8.94. The van der Waals surface area contributed by atoms with Crippen molar-refractivity contribution in [3.8, 4) is 11.8 Å². The lowest BCUT2D eigenvalue weighted by Crippen LogP contribution is -2.30. The number of fused-ring (bicyclic) bond motifs is 1. The van der Waals surface area contributed by atoms with Gasteiger partial charge in [-0.25, -0.2) is 4.98 Å². The number of ether oxygens (including phenoxy) is 1. The van der Waals surface area contributed by atoms with E-state index in [1.807, 2.05) is 12.1 Å². The predicted molar refractivity (Wildman–Crippen MR) is 117 cm³/mol. The van der Waals surface area contributed by atoms with Crippen LogP contribution in [0, 0.1) is 11.3 Å². The zero-order chi connectivity index (χ0) is 21.1. The average molecular weight is 435 g/mol. The van der Waals surface area contributed by atoms with Gasteiger partial charge in [-0.2, -0.15) is 5.26 Å². The van der Waals surface area contributed by atoms with Crippen LogP contribution in [0.2, 0.25) is 5.02 Å². The van der Waals surface area contributed by atoms with Crippen LogP contribution in [-0.2, 0) is 6.54 Å². The van der Waals surface area contributed by atoms with Gasteiger partial charge in [0.25, 0.3) is 5.91 Å². The van der Waals surface area contributed by atoms with E-state index in [4.69, 9.17) is 21.6 Å². The van der Waals surface area contributed by atoms with Gasteiger partial charge < -0.3 is 4.74 Å². The summed E-state index contributed by atoms with van der Waals surface area (Å²) >= 11 is 7.69. The van der Waals surface area contributed by atoms with Crippen LogP contribution in [0.5, 0.6) is 5.75 Å². The number of halogens is 1. The molecule has 0 radical (unpaired) electrons. The number of hydrogen-bond donors (Lipinski definition) is 0. The maximum atomic E-state index is 13.4. The maximum Gasteiger partial charge on any atom is 0.260 e. The van der Waals surface area contributed by atoms with Crippen LogP contribution in [0.1, 0.15) is 21.5 Å². The van der Waals surface area contributed by atoms with Crippen LogP contribution >= 0.6 is 22.9 Å². The molecule has 8 heteroatoms. The molecule has 30 heavy (non-hydrogen) atoms. The highest BCUT2D eigenvalue weighted by molar-refractivity contribution is 7.23. The van der Waals surface area contributed by atoms with Gasteiger partial charge in [-0.15, -0.1) is 0 Å². The molecule has 6 nitrogen and oxygen atoms in total. The molecule has 0 aliphatic heterocycles. The van der Waals surface area contributed by atoms with Gasteiger partial charge in [0.1, 0.15) is 11.3 Å². The zero-order valence-corrected chi connectivity index (χ0v) is 17.4. The van der Waals surface area contributed by atoms with E-state index >= 15 is 0 Å². The Morgan fingerprint density at radius 3 is 2.70 bits per heavy atom. The van der Waals surface area contributed by atoms with E-state index in [-0.39, 0.29) is 12.5 Å². The summed E-state index contributed by atoms with van der Waals surface area (Å²) in [6.07, 6.45) is 3.39. The molecule has 0 unspecified atom stereocenters. The van der Waals surface area contributed by atoms with Gasteiger partial charge >= 0.3 is 0 Å². The summed E-state index contributed by atoms with van der Waals surface area (Å²) in [6.45, 7) is 0.284. The van der Waals surface area contributed by atoms with Crippen LogP contribution in [0.4, 0.5) is 5.13 Å². The van der Waals surface area contributed by atoms with Gasteiger partial charge in [-0.1, -0.05) is 29.0 Å². The molecule has 0 saturated heterocycles. The summed E-state index contributed by atoms with van der Waals surface area (Å²) in [6, 6.07) is 15.8. The monoisotopic (exact) mass is 434 g/mol. The summed E-state index contributed by atoms with van der Waals surface area (Å²) in [5.41, 5.74) is 2.41. The second-order valence-electron chi connectivity index (χ2n) is 6.37. The first-order valence-corrected chi connectivity index (χ1v) is 10.1. The summed E-state index contributed by atoms with van der Waals surface area (Å²) in [5.74, 6) is 0.349. The summed E-state index contributed by atoms with van der Waals surface area (Å²) in [4.78, 5) is 23.8. The molecule has 148 valence electrons. The lowest BCUT2D eigenvalue weighted by molar-refractivity contribution is 0.0985. The van der Waals surface area contributed by atoms with Gasteiger partial charge in [0.05, 0.1) is 35.0 Å². The lowest BCUT2D eigenvalue weighted by Gasteiger charge is -2.20. The predicted octanol–water partition coefficient (Wildman–Crippen LogP) is 5.07. The number of hydrogen-bond acceptors (Lipinski definition) is 6. The van der Waals surface area contributed by atoms with Gasteiger partial charge in [0.2, 0.25) is 0 Å². The second kappa shape index (κ2) is 8.49. The second-order valence-corrected chi connectivity index (χ2v) is 7.75. The molecule has 0 fully saturated rings. The number of thiazole rings is 1. The summed E-state index contributed by atoms with van der Waals surface area (Å²) < 4.78 is 6.15. The van der Waals surface area contributed by atoms with Crippen molar-refractivity contribution in [2.24, 2.45) is 0 Å². The zero-order valence-electron chi connectivity index (χ0n) is 15.9. The Balaban J connectivity index is 1.80. The number of carbonyl (C=O) groups is 1. The van der Waals surface area contributed by atoms with Crippen molar-refractivity contribution >= 4 is 44.2 Å². The highest BCUT2D eigenvalue weighted by atomic mass is 35.5. The number of rotatable bonds is 5. The number of benzene rings is 2. The maximum absolute atomic E-state index is 13.4. The lowest BCUT2D eigenvalue weighted by atomic mass is 10.1. The number of pyridine rings is 1. The smallest absolute Gasteiger partial charge is 0.260 e. The van der Waals surface area contributed by atoms with Crippen LogP contribution in [0.15, 0.2) is 60.9 Å². The molecule has 0 bridgehead atoms. The third kappa shape index (κ3) is 3.83. The van der Waals surface area contributed by atoms with Crippen molar-refractivity contribution in [1.82, 2.24) is 9.97 Å². The van der Waals surface area contributed by atoms with Crippen molar-refractivity contribution in [2.75, 3.05) is 12.0 Å². The fourth-order valence-electron chi connectivity index (χ4n) is 2.97. The number of nitrogens with zero attached hydrogens (tertiary/aromatic N) is 4. The molecule has 2 heterocycles. The standard InChI is InChI=1S/C22H15ClN4O2S/c1-29-18-9-8-17(23)20-19(18)26-22(30-20)27(13-15-3-2-10-25-12-15)21(28)16-6-4-14(11-24)5-7-16/h2-10,12H,13H2,1H3. The molecule has 0 saturated carbocycles. The van der Waals surface area contributed by atoms with E-state index in [0.29, 0.717) is 32.5 Å². The topological polar surface area (TPSA) is 79.1 Å². The van der Waals surface area contributed by atoms with Crippen molar-refractivity contribution in [2.45, 2.75) is 6.54 Å². The van der Waals surface area contributed by atoms with E-state index in [1.54, 1.807) is 60.8 Å². The minimum absolute atomic E-state index is 0.238. The Labute approximate surface area is 181 Å². The number of aromatic nitrogens is 2. The first-order chi connectivity index (χ1) is 14.6. The molecule has 0 spiro atoms. The Hall–Kier alpha value is -3.47. The Morgan fingerprint density at radius 1 is 1.23 bits per heavy atom. The minimum Gasteiger partial charge on any atom is -0.494 e. The van der Waals surface area contributed by atoms with Crippen molar-refractivity contribution in [1.29, 1.82) is 5.26 Å². The third-order valence-electron chi connectivity index (χ3n) is 4.47. The molecule has 0 atom stereocenters. The Morgan fingerprint density at radius 2 is 2.03 bits per heavy atom. The highest BCUT2D eigenvalue weighted by Gasteiger charge is 2.23. The van der Waals surface area contributed by atoms with E-state index in [1.165, 1.54) is 11.3 Å². The average Bonchev–Trinajstić information content (AvgIpc) is 3.24. The van der Waals surface area contributed by atoms with Crippen LogP contribution < -0.4 is 9.64 Å². The Kier molecular flexibility index (Phi) is 5.61. The van der Waals surface area contributed by atoms with Crippen LogP contribution in [0.3, 0.4) is 0 Å². The van der Waals surface area contributed by atoms with Gasteiger partial charge in [0, 0.05) is 18.0 Å². The summed E-state index contributed by atoms with van der Waals surface area (Å²) in [7, 11) is 1.57. The molecule has 0 N–H and O–H groups in total. The first kappa shape index (κ1) is 19.8. The van der Waals surface area contributed by atoms with Gasteiger partial charge in [0.15, 0.2) is 5.13 Å². The number of anilines is 1. The number of amides is 1. The normalized spacial score (nSPS) is 10.6. The van der Waals surface area contributed by atoms with Crippen molar-refractivity contribution < 1.29 is 9.53 Å². The third-order valence-corrected chi connectivity index (χ3v) is 6.01. The highest BCUT2D eigenvalue weighted by Crippen LogP contribution is 2.39. The quantitative estimate of drug-likeness (QED) is 0.438. The fourth-order valence-corrected chi connectivity index (χ4v) is 4.22. The summed E-state index contributed by atoms with van der Waals surface area (Å²) in [5, 5.41) is 10.1. The van der Waals surface area contributed by atoms with E-state index in [2.05, 4.69) is 16.0 Å². The van der Waals surface area contributed by atoms with Crippen molar-refractivity contribution in [3.63, 3.8) is 0 Å². The fraction of sp³-hybridized carbons (Fsp3) is 0.0909. The molecule has 2 aromatic heterocycles. The number of nitriles is 1. The van der Waals surface area contributed by atoms with Crippen molar-refractivity contribution in [3.05, 3.63) is 82.6 Å². The molecular formula is C22H15ClN4O2S. The van der Waals surface area contributed by atoms with E-state index in [0.717, 1.165) is 10.3 Å². The van der Waals surface area contributed by atoms with Gasteiger partial charge in [-0.05, 0) is 48.0 Å². The molecular weight excluding hydrogens is 420 g/mol. The van der Waals surface area contributed by atoms with E-state index in [9.17, 15) is 4.79 Å². The van der Waals surface area contributed by atoms with Gasteiger partial charge in [-0.3, -0.25) is 14.7 Å². The molecule has 0 aliphatic rings. The van der Waals surface area contributed by atoms with Crippen LogP contribution in [-0.4, -0.2) is 23.0 Å². The van der Waals surface area contributed by atoms with Crippen LogP contribution in [0.25, 0.3) is 10.2 Å². The SMILES string of the molecule is COc1ccc(Cl)c2sc(N(Cc3cccnc3)C(=O)c3ccc(C#N)cc3)nc12. The molecule has 1 amide bonds. The Bertz CT molecular complexity index is 1250. The molecule has 2 aromatic carbocycles. The van der Waals surface area contributed by atoms with E-state index < -0.39 is 0 Å². The minimum atomic E-state index is -0.238. The number of carbonyl (C=O) groups excluding carboxylic acids is 1. The molecule has 4 rings (SSSR count).